The van der Waals surface area contributed by atoms with E-state index in [-0.39, 0.29) is 12.5 Å². The van der Waals surface area contributed by atoms with E-state index in [1.807, 2.05) is 18.9 Å². The van der Waals surface area contributed by atoms with Crippen LogP contribution in [0.15, 0.2) is 34.0 Å². The van der Waals surface area contributed by atoms with Gasteiger partial charge in [-0.05, 0) is 29.3 Å². The van der Waals surface area contributed by atoms with Crippen molar-refractivity contribution in [1.29, 1.82) is 0 Å². The summed E-state index contributed by atoms with van der Waals surface area (Å²) in [6.07, 6.45) is 0. The number of amides is 1. The second-order valence-corrected chi connectivity index (χ2v) is 6.01. The van der Waals surface area contributed by atoms with Gasteiger partial charge in [0.05, 0.1) is 0 Å². The number of carbonyl (C=O) groups is 1. The minimum absolute atomic E-state index is 0.0199. The highest BCUT2D eigenvalue weighted by atomic mass is 32.1. The minimum Gasteiger partial charge on any atom is -0.353 e. The van der Waals surface area contributed by atoms with Crippen LogP contribution in [0.2, 0.25) is 0 Å². The fourth-order valence-electron chi connectivity index (χ4n) is 1.56. The van der Waals surface area contributed by atoms with Crippen LogP contribution in [-0.4, -0.2) is 55.9 Å². The summed E-state index contributed by atoms with van der Waals surface area (Å²) in [6.45, 7) is 7.36. The van der Waals surface area contributed by atoms with E-state index in [1.54, 1.807) is 30.3 Å². The van der Waals surface area contributed by atoms with Gasteiger partial charge in [0.25, 0.3) is 0 Å². The van der Waals surface area contributed by atoms with Crippen LogP contribution in [0.25, 0.3) is 0 Å². The summed E-state index contributed by atoms with van der Waals surface area (Å²) in [5.41, 5.74) is 2.25. The zero-order chi connectivity index (χ0) is 15.8. The van der Waals surface area contributed by atoms with Crippen molar-refractivity contribution in [2.75, 3.05) is 34.2 Å². The Morgan fingerprint density at radius 3 is 2.67 bits per heavy atom. The normalized spacial score (nSPS) is 11.1. The number of guanidine groups is 1. The summed E-state index contributed by atoms with van der Waals surface area (Å²) < 4.78 is 0. The topological polar surface area (TPSA) is 47.9 Å². The van der Waals surface area contributed by atoms with Gasteiger partial charge in [-0.25, -0.2) is 4.99 Å². The molecule has 21 heavy (non-hydrogen) atoms. The molecule has 1 N–H and O–H groups in total. The molecular formula is C15H24N4OS. The molecule has 0 radical (unpaired) electrons. The molecule has 5 nitrogen and oxygen atoms in total. The number of nitrogens with one attached hydrogen (secondary N) is 1. The van der Waals surface area contributed by atoms with Gasteiger partial charge < -0.3 is 15.1 Å². The molecule has 0 bridgehead atoms. The zero-order valence-electron chi connectivity index (χ0n) is 13.2. The summed E-state index contributed by atoms with van der Waals surface area (Å²) in [6, 6.07) is 2.09. The van der Waals surface area contributed by atoms with Gasteiger partial charge in [0, 0.05) is 34.2 Å². The van der Waals surface area contributed by atoms with Gasteiger partial charge >= 0.3 is 0 Å². The van der Waals surface area contributed by atoms with Crippen LogP contribution in [0.4, 0.5) is 0 Å². The van der Waals surface area contributed by atoms with Crippen LogP contribution in [0, 0.1) is 0 Å². The Kier molecular flexibility index (Phi) is 6.94. The lowest BCUT2D eigenvalue weighted by Gasteiger charge is -2.22. The summed E-state index contributed by atoms with van der Waals surface area (Å²) in [4.78, 5) is 19.6. The average molecular weight is 308 g/mol. The van der Waals surface area contributed by atoms with Crippen LogP contribution in [0.1, 0.15) is 12.5 Å². The molecule has 0 saturated carbocycles. The van der Waals surface area contributed by atoms with Crippen molar-refractivity contribution < 1.29 is 4.79 Å². The van der Waals surface area contributed by atoms with E-state index < -0.39 is 0 Å². The highest BCUT2D eigenvalue weighted by Gasteiger charge is 2.09. The van der Waals surface area contributed by atoms with Crippen molar-refractivity contribution >= 4 is 23.2 Å². The fourth-order valence-corrected chi connectivity index (χ4v) is 2.22. The fraction of sp³-hybridized carbons (Fsp3) is 0.467. The molecule has 0 aliphatic carbocycles. The largest absolute Gasteiger partial charge is 0.353 e. The first-order valence-electron chi connectivity index (χ1n) is 6.75. The Bertz CT molecular complexity index is 494. The second kappa shape index (κ2) is 8.46. The molecule has 0 aliphatic rings. The van der Waals surface area contributed by atoms with Crippen molar-refractivity contribution in [2.24, 2.45) is 4.99 Å². The number of carbonyl (C=O) groups excluding carboxylic acids is 1. The summed E-state index contributed by atoms with van der Waals surface area (Å²) in [7, 11) is 5.42. The molecule has 0 aliphatic heterocycles. The van der Waals surface area contributed by atoms with Crippen LogP contribution in [0.3, 0.4) is 0 Å². The van der Waals surface area contributed by atoms with E-state index in [0.29, 0.717) is 12.5 Å². The highest BCUT2D eigenvalue weighted by Crippen LogP contribution is 2.08. The molecule has 1 aromatic rings. The minimum atomic E-state index is -0.0199. The average Bonchev–Trinajstić information content (AvgIpc) is 2.90. The molecule has 0 atom stereocenters. The van der Waals surface area contributed by atoms with Crippen molar-refractivity contribution in [3.63, 3.8) is 0 Å². The first-order valence-corrected chi connectivity index (χ1v) is 7.69. The van der Waals surface area contributed by atoms with E-state index in [2.05, 4.69) is 33.7 Å². The quantitative estimate of drug-likeness (QED) is 0.495. The summed E-state index contributed by atoms with van der Waals surface area (Å²) in [5.74, 6) is 0.688. The van der Waals surface area contributed by atoms with Gasteiger partial charge in [-0.3, -0.25) is 4.79 Å². The molecule has 1 heterocycles. The van der Waals surface area contributed by atoms with Crippen molar-refractivity contribution in [3.8, 4) is 0 Å². The van der Waals surface area contributed by atoms with Gasteiger partial charge in [-0.15, -0.1) is 0 Å². The van der Waals surface area contributed by atoms with Crippen LogP contribution in [0.5, 0.6) is 0 Å². The molecule has 1 rings (SSSR count). The number of thiophene rings is 1. The highest BCUT2D eigenvalue weighted by molar-refractivity contribution is 7.07. The molecular weight excluding hydrogens is 284 g/mol. The Morgan fingerprint density at radius 2 is 2.14 bits per heavy atom. The van der Waals surface area contributed by atoms with E-state index in [4.69, 9.17) is 0 Å². The lowest BCUT2D eigenvalue weighted by molar-refractivity contribution is -0.127. The van der Waals surface area contributed by atoms with E-state index in [9.17, 15) is 4.79 Å². The molecule has 0 aromatic carbocycles. The molecule has 1 aromatic heterocycles. The van der Waals surface area contributed by atoms with Crippen molar-refractivity contribution in [1.82, 2.24) is 15.1 Å². The Morgan fingerprint density at radius 1 is 1.43 bits per heavy atom. The molecule has 0 unspecified atom stereocenters. The Hall–Kier alpha value is -1.82. The first kappa shape index (κ1) is 17.2. The van der Waals surface area contributed by atoms with Gasteiger partial charge in [-0.1, -0.05) is 12.2 Å². The van der Waals surface area contributed by atoms with Crippen molar-refractivity contribution in [2.45, 2.75) is 13.5 Å². The van der Waals surface area contributed by atoms with E-state index >= 15 is 0 Å². The maximum atomic E-state index is 11.7. The first-order chi connectivity index (χ1) is 9.90. The van der Waals surface area contributed by atoms with Crippen LogP contribution < -0.4 is 5.32 Å². The third kappa shape index (κ3) is 6.44. The molecule has 116 valence electrons. The molecule has 1 amide bonds. The van der Waals surface area contributed by atoms with E-state index in [0.717, 1.165) is 12.1 Å². The summed E-state index contributed by atoms with van der Waals surface area (Å²) in [5, 5.41) is 7.40. The number of hydrogen-bond acceptors (Lipinski definition) is 3. The number of aliphatic imine (C=N–C) groups is 1. The third-order valence-electron chi connectivity index (χ3n) is 2.77. The van der Waals surface area contributed by atoms with E-state index in [1.165, 1.54) is 5.56 Å². The molecule has 6 heteroatoms. The monoisotopic (exact) mass is 308 g/mol. The number of hydrogen-bond donors (Lipinski definition) is 1. The van der Waals surface area contributed by atoms with Gasteiger partial charge in [0.2, 0.25) is 5.91 Å². The third-order valence-corrected chi connectivity index (χ3v) is 3.50. The Labute approximate surface area is 131 Å². The van der Waals surface area contributed by atoms with Crippen LogP contribution >= 0.6 is 11.3 Å². The Balaban J connectivity index is 2.72. The lowest BCUT2D eigenvalue weighted by Crippen LogP contribution is -2.40. The number of likely N-dealkylation sites (N-methyl/N-ethyl adjacent to an activating group) is 1. The molecule has 0 spiro atoms. The predicted octanol–water partition coefficient (Wildman–Crippen LogP) is 1.79. The second-order valence-electron chi connectivity index (χ2n) is 5.23. The standard InChI is InChI=1S/C15H24N4OS/c1-12(2)8-16-15(17-9-14(20)18(3)4)19(5)10-13-6-7-21-11-13/h6-7,11H,1,8-10H2,2-5H3,(H,16,17). The van der Waals surface area contributed by atoms with Gasteiger partial charge in [-0.2, -0.15) is 11.3 Å². The lowest BCUT2D eigenvalue weighted by atomic mass is 10.3. The number of nitrogens with zero attached hydrogens (tertiary/aromatic N) is 3. The predicted molar refractivity (Wildman–Crippen MR) is 89.6 cm³/mol. The SMILES string of the molecule is C=C(C)CNC(=NCC(=O)N(C)C)N(C)Cc1ccsc1. The smallest absolute Gasteiger partial charge is 0.243 e. The summed E-state index contributed by atoms with van der Waals surface area (Å²) >= 11 is 1.67. The maximum absolute atomic E-state index is 11.7. The van der Waals surface area contributed by atoms with Gasteiger partial charge in [0.15, 0.2) is 5.96 Å². The zero-order valence-corrected chi connectivity index (χ0v) is 14.0. The maximum Gasteiger partial charge on any atom is 0.243 e. The molecule has 0 saturated heterocycles. The van der Waals surface area contributed by atoms with Crippen LogP contribution in [-0.2, 0) is 11.3 Å². The number of rotatable bonds is 6. The van der Waals surface area contributed by atoms with Gasteiger partial charge in [0.1, 0.15) is 6.54 Å². The van der Waals surface area contributed by atoms with Crippen molar-refractivity contribution in [3.05, 3.63) is 34.5 Å². The molecule has 0 fully saturated rings.